The maximum Gasteiger partial charge on any atom is 0.0370 e. The van der Waals surface area contributed by atoms with Crippen molar-refractivity contribution in [2.24, 2.45) is 0 Å². The number of hydrogen-bond acceptors (Lipinski definition) is 1. The molecule has 0 atom stereocenters. The van der Waals surface area contributed by atoms with Crippen LogP contribution in [0.3, 0.4) is 0 Å². The van der Waals surface area contributed by atoms with Gasteiger partial charge in [0.15, 0.2) is 0 Å². The zero-order valence-corrected chi connectivity index (χ0v) is 11.9. The van der Waals surface area contributed by atoms with E-state index in [1.807, 2.05) is 0 Å². The fraction of sp³-hybridized carbons (Fsp3) is 0.333. The molecule has 0 bridgehead atoms. The summed E-state index contributed by atoms with van der Waals surface area (Å²) in [5.41, 5.74) is 5.37. The van der Waals surface area contributed by atoms with E-state index in [-0.39, 0.29) is 0 Å². The van der Waals surface area contributed by atoms with Gasteiger partial charge in [-0.05, 0) is 50.3 Å². The highest BCUT2D eigenvalue weighted by molar-refractivity contribution is 5.51. The third-order valence-corrected chi connectivity index (χ3v) is 3.43. The fourth-order valence-corrected chi connectivity index (χ4v) is 2.33. The molecular formula is C18H23N. The molecule has 1 N–H and O–H groups in total. The molecule has 0 aromatic heterocycles. The van der Waals surface area contributed by atoms with Crippen molar-refractivity contribution in [3.8, 4) is 0 Å². The zero-order chi connectivity index (χ0) is 13.5. The van der Waals surface area contributed by atoms with Crippen molar-refractivity contribution in [3.63, 3.8) is 0 Å². The van der Waals surface area contributed by atoms with Crippen molar-refractivity contribution >= 4 is 5.69 Å². The summed E-state index contributed by atoms with van der Waals surface area (Å²) in [6.07, 6.45) is 3.62. The maximum atomic E-state index is 3.53. The monoisotopic (exact) mass is 253 g/mol. The molecule has 0 spiro atoms. The number of aryl methyl sites for hydroxylation is 3. The molecule has 0 aliphatic rings. The molecule has 1 heteroatoms. The number of hydrogen-bond donors (Lipinski definition) is 1. The lowest BCUT2D eigenvalue weighted by molar-refractivity contribution is 0.763. The van der Waals surface area contributed by atoms with Gasteiger partial charge in [0.25, 0.3) is 0 Å². The van der Waals surface area contributed by atoms with Gasteiger partial charge >= 0.3 is 0 Å². The van der Waals surface area contributed by atoms with Gasteiger partial charge in [0.1, 0.15) is 0 Å². The van der Waals surface area contributed by atoms with Gasteiger partial charge in [0.05, 0.1) is 0 Å². The molecule has 19 heavy (non-hydrogen) atoms. The second-order valence-corrected chi connectivity index (χ2v) is 5.19. The van der Waals surface area contributed by atoms with E-state index in [0.29, 0.717) is 0 Å². The summed E-state index contributed by atoms with van der Waals surface area (Å²) in [4.78, 5) is 0. The summed E-state index contributed by atoms with van der Waals surface area (Å²) in [7, 11) is 0. The Labute approximate surface area is 116 Å². The Morgan fingerprint density at radius 3 is 2.42 bits per heavy atom. The predicted octanol–water partition coefficient (Wildman–Crippen LogP) is 4.74. The first-order valence-electron chi connectivity index (χ1n) is 7.11. The number of anilines is 1. The van der Waals surface area contributed by atoms with Crippen LogP contribution in [0.1, 0.15) is 29.5 Å². The maximum absolute atomic E-state index is 3.53. The van der Waals surface area contributed by atoms with Crippen LogP contribution in [-0.4, -0.2) is 6.54 Å². The van der Waals surface area contributed by atoms with Gasteiger partial charge in [0.2, 0.25) is 0 Å². The SMILES string of the molecule is Cc1ccc(NCCCCc2ccccc2)c(C)c1. The number of nitrogens with one attached hydrogen (secondary N) is 1. The number of benzene rings is 2. The molecule has 2 aromatic carbocycles. The van der Waals surface area contributed by atoms with Gasteiger partial charge in [-0.2, -0.15) is 0 Å². The summed E-state index contributed by atoms with van der Waals surface area (Å²) in [5, 5.41) is 3.53. The predicted molar refractivity (Wildman–Crippen MR) is 83.8 cm³/mol. The Kier molecular flexibility index (Phi) is 5.02. The molecule has 0 saturated heterocycles. The van der Waals surface area contributed by atoms with Crippen LogP contribution < -0.4 is 5.32 Å². The summed E-state index contributed by atoms with van der Waals surface area (Å²) in [6, 6.07) is 17.3. The van der Waals surface area contributed by atoms with Gasteiger partial charge < -0.3 is 5.32 Å². The van der Waals surface area contributed by atoms with E-state index in [1.54, 1.807) is 0 Å². The molecular weight excluding hydrogens is 230 g/mol. The third kappa shape index (κ3) is 4.44. The molecule has 0 aliphatic heterocycles. The minimum Gasteiger partial charge on any atom is -0.385 e. The first kappa shape index (κ1) is 13.7. The van der Waals surface area contributed by atoms with Crippen molar-refractivity contribution in [1.29, 1.82) is 0 Å². The van der Waals surface area contributed by atoms with Gasteiger partial charge in [0, 0.05) is 12.2 Å². The van der Waals surface area contributed by atoms with Crippen LogP contribution in [0.25, 0.3) is 0 Å². The molecule has 0 heterocycles. The van der Waals surface area contributed by atoms with Crippen LogP contribution in [0.4, 0.5) is 5.69 Å². The molecule has 0 saturated carbocycles. The second kappa shape index (κ2) is 6.98. The molecule has 1 nitrogen and oxygen atoms in total. The topological polar surface area (TPSA) is 12.0 Å². The normalized spacial score (nSPS) is 10.4. The molecule has 0 aliphatic carbocycles. The van der Waals surface area contributed by atoms with Crippen molar-refractivity contribution in [1.82, 2.24) is 0 Å². The first-order chi connectivity index (χ1) is 9.25. The molecule has 0 radical (unpaired) electrons. The minimum atomic E-state index is 1.05. The highest BCUT2D eigenvalue weighted by Crippen LogP contribution is 2.16. The Morgan fingerprint density at radius 2 is 1.68 bits per heavy atom. The molecule has 100 valence electrons. The molecule has 0 amide bonds. The van der Waals surface area contributed by atoms with E-state index in [0.717, 1.165) is 6.54 Å². The lowest BCUT2D eigenvalue weighted by Crippen LogP contribution is -2.03. The largest absolute Gasteiger partial charge is 0.385 e. The van der Waals surface area contributed by atoms with Gasteiger partial charge in [-0.25, -0.2) is 0 Å². The van der Waals surface area contributed by atoms with Crippen LogP contribution in [0.15, 0.2) is 48.5 Å². The average molecular weight is 253 g/mol. The minimum absolute atomic E-state index is 1.05. The van der Waals surface area contributed by atoms with Crippen LogP contribution in [0.2, 0.25) is 0 Å². The Bertz CT molecular complexity index is 502. The van der Waals surface area contributed by atoms with Crippen LogP contribution in [0, 0.1) is 13.8 Å². The Balaban J connectivity index is 1.69. The molecule has 2 rings (SSSR count). The summed E-state index contributed by atoms with van der Waals surface area (Å²) in [5.74, 6) is 0. The van der Waals surface area contributed by atoms with E-state index >= 15 is 0 Å². The van der Waals surface area contributed by atoms with Crippen molar-refractivity contribution in [3.05, 3.63) is 65.2 Å². The van der Waals surface area contributed by atoms with Gasteiger partial charge in [-0.15, -0.1) is 0 Å². The summed E-state index contributed by atoms with van der Waals surface area (Å²) in [6.45, 7) is 5.35. The van der Waals surface area contributed by atoms with E-state index in [2.05, 4.69) is 67.7 Å². The van der Waals surface area contributed by atoms with E-state index < -0.39 is 0 Å². The molecule has 2 aromatic rings. The van der Waals surface area contributed by atoms with E-state index in [9.17, 15) is 0 Å². The highest BCUT2D eigenvalue weighted by Gasteiger charge is 1.97. The van der Waals surface area contributed by atoms with Crippen molar-refractivity contribution in [2.45, 2.75) is 33.1 Å². The quantitative estimate of drug-likeness (QED) is 0.733. The zero-order valence-electron chi connectivity index (χ0n) is 11.9. The van der Waals surface area contributed by atoms with Crippen molar-refractivity contribution < 1.29 is 0 Å². The standard InChI is InChI=1S/C18H23N/c1-15-11-12-18(16(2)14-15)19-13-7-6-10-17-8-4-3-5-9-17/h3-5,8-9,11-12,14,19H,6-7,10,13H2,1-2H3. The number of unbranched alkanes of at least 4 members (excludes halogenated alkanes) is 1. The lowest BCUT2D eigenvalue weighted by Gasteiger charge is -2.10. The third-order valence-electron chi connectivity index (χ3n) is 3.43. The van der Waals surface area contributed by atoms with Crippen LogP contribution in [0.5, 0.6) is 0 Å². The van der Waals surface area contributed by atoms with Crippen molar-refractivity contribution in [2.75, 3.05) is 11.9 Å². The second-order valence-electron chi connectivity index (χ2n) is 5.19. The van der Waals surface area contributed by atoms with Gasteiger partial charge in [-0.3, -0.25) is 0 Å². The number of rotatable bonds is 6. The van der Waals surface area contributed by atoms with Gasteiger partial charge in [-0.1, -0.05) is 48.0 Å². The van der Waals surface area contributed by atoms with E-state index in [4.69, 9.17) is 0 Å². The first-order valence-corrected chi connectivity index (χ1v) is 7.11. The molecule has 0 unspecified atom stereocenters. The van der Waals surface area contributed by atoms with Crippen LogP contribution >= 0.6 is 0 Å². The van der Waals surface area contributed by atoms with Crippen LogP contribution in [-0.2, 0) is 6.42 Å². The molecule has 0 fully saturated rings. The Morgan fingerprint density at radius 1 is 0.895 bits per heavy atom. The highest BCUT2D eigenvalue weighted by atomic mass is 14.9. The lowest BCUT2D eigenvalue weighted by atomic mass is 10.1. The fourth-order valence-electron chi connectivity index (χ4n) is 2.33. The Hall–Kier alpha value is -1.76. The average Bonchev–Trinajstić information content (AvgIpc) is 2.42. The summed E-state index contributed by atoms with van der Waals surface area (Å²) >= 11 is 0. The van der Waals surface area contributed by atoms with E-state index in [1.165, 1.54) is 41.6 Å². The summed E-state index contributed by atoms with van der Waals surface area (Å²) < 4.78 is 0. The smallest absolute Gasteiger partial charge is 0.0370 e.